The number of hydrogen-bond donors (Lipinski definition) is 2. The molecule has 0 spiro atoms. The number of nitrogens with zero attached hydrogens (tertiary/aromatic N) is 1. The molecule has 0 aromatic heterocycles. The molecule has 0 radical (unpaired) electrons. The highest BCUT2D eigenvalue weighted by atomic mass is 32.2. The normalized spacial score (nSPS) is 17.1. The van der Waals surface area contributed by atoms with Gasteiger partial charge >= 0.3 is 12.0 Å². The summed E-state index contributed by atoms with van der Waals surface area (Å²) in [6.45, 7) is 1.83. The van der Waals surface area contributed by atoms with Gasteiger partial charge in [0.05, 0.1) is 16.5 Å². The molecule has 128 valence electrons. The quantitative estimate of drug-likeness (QED) is 0.351. The molecule has 0 saturated carbocycles. The second-order valence-corrected chi connectivity index (χ2v) is 6.04. The molecule has 2 rings (SSSR count). The third-order valence-corrected chi connectivity index (χ3v) is 4.00. The van der Waals surface area contributed by atoms with Crippen molar-refractivity contribution in [1.82, 2.24) is 10.6 Å². The molecular formula is C15H17N3O5S. The molecule has 1 aliphatic rings. The van der Waals surface area contributed by atoms with E-state index in [1.54, 1.807) is 24.8 Å². The van der Waals surface area contributed by atoms with Gasteiger partial charge in [-0.05, 0) is 18.7 Å². The van der Waals surface area contributed by atoms with Crippen LogP contribution in [0.5, 0.6) is 0 Å². The summed E-state index contributed by atoms with van der Waals surface area (Å²) in [5.74, 6) is 0.0878. The lowest BCUT2D eigenvalue weighted by atomic mass is 9.95. The molecule has 0 fully saturated rings. The topological polar surface area (TPSA) is 111 Å². The molecule has 2 N–H and O–H groups in total. The number of amides is 2. The van der Waals surface area contributed by atoms with E-state index < -0.39 is 23.0 Å². The van der Waals surface area contributed by atoms with Gasteiger partial charge in [0, 0.05) is 23.6 Å². The molecule has 1 atom stereocenters. The summed E-state index contributed by atoms with van der Waals surface area (Å²) < 4.78 is 5.21. The van der Waals surface area contributed by atoms with E-state index in [0.29, 0.717) is 17.0 Å². The van der Waals surface area contributed by atoms with E-state index in [2.05, 4.69) is 10.6 Å². The highest BCUT2D eigenvalue weighted by Gasteiger charge is 2.32. The van der Waals surface area contributed by atoms with Crippen LogP contribution >= 0.6 is 11.8 Å². The Kier molecular flexibility index (Phi) is 5.80. The largest absolute Gasteiger partial charge is 0.461 e. The predicted molar refractivity (Wildman–Crippen MR) is 89.5 cm³/mol. The number of nitrogens with one attached hydrogen (secondary N) is 2. The first-order valence-corrected chi connectivity index (χ1v) is 8.52. The molecule has 0 saturated heterocycles. The van der Waals surface area contributed by atoms with Crippen LogP contribution in [-0.4, -0.2) is 35.5 Å². The Labute approximate surface area is 142 Å². The zero-order chi connectivity index (χ0) is 17.7. The molecule has 1 aromatic carbocycles. The number of thioether (sulfide) groups is 1. The number of ether oxygens (including phenoxy) is 1. The van der Waals surface area contributed by atoms with Crippen molar-refractivity contribution >= 4 is 29.4 Å². The van der Waals surface area contributed by atoms with Crippen LogP contribution in [0.1, 0.15) is 18.5 Å². The van der Waals surface area contributed by atoms with E-state index in [4.69, 9.17) is 4.74 Å². The smallest absolute Gasteiger partial charge is 0.338 e. The Morgan fingerprint density at radius 2 is 2.21 bits per heavy atom. The maximum absolute atomic E-state index is 12.4. The van der Waals surface area contributed by atoms with Crippen molar-refractivity contribution in [3.05, 3.63) is 51.2 Å². The fraction of sp³-hybridized carbons (Fsp3) is 0.333. The monoisotopic (exact) mass is 351 g/mol. The van der Waals surface area contributed by atoms with Crippen molar-refractivity contribution in [1.29, 1.82) is 0 Å². The van der Waals surface area contributed by atoms with Crippen molar-refractivity contribution in [2.75, 3.05) is 18.6 Å². The first-order valence-electron chi connectivity index (χ1n) is 7.12. The number of carbonyl (C=O) groups excluding carboxylic acids is 2. The number of esters is 1. The van der Waals surface area contributed by atoms with Crippen molar-refractivity contribution in [3.8, 4) is 0 Å². The second kappa shape index (κ2) is 7.82. The third-order valence-electron chi connectivity index (χ3n) is 3.42. The average Bonchev–Trinajstić information content (AvgIpc) is 2.54. The zero-order valence-electron chi connectivity index (χ0n) is 13.2. The Morgan fingerprint density at radius 1 is 1.46 bits per heavy atom. The van der Waals surface area contributed by atoms with E-state index in [9.17, 15) is 19.7 Å². The number of carbonyl (C=O) groups is 2. The van der Waals surface area contributed by atoms with Crippen LogP contribution in [-0.2, 0) is 9.53 Å². The first kappa shape index (κ1) is 17.8. The van der Waals surface area contributed by atoms with E-state index in [-0.39, 0.29) is 17.9 Å². The first-order chi connectivity index (χ1) is 11.4. The second-order valence-electron chi connectivity index (χ2n) is 5.05. The Hall–Kier alpha value is -2.55. The number of nitro groups is 1. The number of urea groups is 1. The Balaban J connectivity index is 2.36. The van der Waals surface area contributed by atoms with Gasteiger partial charge in [0.25, 0.3) is 5.69 Å². The Bertz CT molecular complexity index is 704. The molecule has 2 amide bonds. The highest BCUT2D eigenvalue weighted by Crippen LogP contribution is 2.29. The van der Waals surface area contributed by atoms with Crippen molar-refractivity contribution in [3.63, 3.8) is 0 Å². The predicted octanol–water partition coefficient (Wildman–Crippen LogP) is 2.13. The standard InChI is InChI=1S/C15H17N3O5S/c1-9-12(14(19)23-6-7-24-2)13(17-15(20)16-9)10-4-3-5-11(8-10)18(21)22/h3-5,8,13H,6-7H2,1-2H3,(H2,16,17,20)/t13-/m1/s1. The molecule has 8 nitrogen and oxygen atoms in total. The highest BCUT2D eigenvalue weighted by molar-refractivity contribution is 7.98. The van der Waals surface area contributed by atoms with E-state index >= 15 is 0 Å². The minimum absolute atomic E-state index is 0.118. The van der Waals surface area contributed by atoms with Crippen LogP contribution in [0.3, 0.4) is 0 Å². The van der Waals surface area contributed by atoms with Gasteiger partial charge in [-0.15, -0.1) is 0 Å². The van der Waals surface area contributed by atoms with Crippen LogP contribution in [0.15, 0.2) is 35.5 Å². The number of rotatable bonds is 6. The van der Waals surface area contributed by atoms with Gasteiger partial charge in [0.1, 0.15) is 6.61 Å². The molecular weight excluding hydrogens is 334 g/mol. The van der Waals surface area contributed by atoms with E-state index in [1.165, 1.54) is 18.2 Å². The van der Waals surface area contributed by atoms with Crippen LogP contribution in [0.25, 0.3) is 0 Å². The number of allylic oxidation sites excluding steroid dienone is 1. The van der Waals surface area contributed by atoms with Crippen LogP contribution in [0, 0.1) is 10.1 Å². The van der Waals surface area contributed by atoms with Crippen LogP contribution in [0.4, 0.5) is 10.5 Å². The summed E-state index contributed by atoms with van der Waals surface area (Å²) >= 11 is 1.54. The van der Waals surface area contributed by atoms with Gasteiger partial charge in [-0.3, -0.25) is 10.1 Å². The SMILES string of the molecule is CSCCOC(=O)C1=C(C)NC(=O)N[C@@H]1c1cccc([N+](=O)[O-])c1. The lowest BCUT2D eigenvalue weighted by molar-refractivity contribution is -0.384. The summed E-state index contributed by atoms with van der Waals surface area (Å²) in [5.41, 5.74) is 0.920. The lowest BCUT2D eigenvalue weighted by Gasteiger charge is -2.28. The number of hydrogen-bond acceptors (Lipinski definition) is 6. The number of non-ortho nitro benzene ring substituents is 1. The summed E-state index contributed by atoms with van der Waals surface area (Å²) in [6.07, 6.45) is 1.90. The third kappa shape index (κ3) is 4.05. The van der Waals surface area contributed by atoms with Gasteiger partial charge < -0.3 is 15.4 Å². The molecule has 0 aliphatic carbocycles. The Morgan fingerprint density at radius 3 is 2.88 bits per heavy atom. The average molecular weight is 351 g/mol. The van der Waals surface area contributed by atoms with Gasteiger partial charge in [-0.1, -0.05) is 12.1 Å². The van der Waals surface area contributed by atoms with E-state index in [1.807, 2.05) is 6.26 Å². The minimum atomic E-state index is -0.805. The van der Waals surface area contributed by atoms with Crippen molar-refractivity contribution < 1.29 is 19.2 Å². The fourth-order valence-electron chi connectivity index (χ4n) is 2.33. The molecule has 1 aliphatic heterocycles. The van der Waals surface area contributed by atoms with Crippen molar-refractivity contribution in [2.45, 2.75) is 13.0 Å². The summed E-state index contributed by atoms with van der Waals surface area (Å²) in [6, 6.07) is 4.52. The van der Waals surface area contributed by atoms with Gasteiger partial charge in [0.15, 0.2) is 0 Å². The zero-order valence-corrected chi connectivity index (χ0v) is 14.0. The maximum Gasteiger partial charge on any atom is 0.338 e. The van der Waals surface area contributed by atoms with E-state index in [0.717, 1.165) is 0 Å². The summed E-state index contributed by atoms with van der Waals surface area (Å²) in [7, 11) is 0. The summed E-state index contributed by atoms with van der Waals surface area (Å²) in [4.78, 5) is 34.6. The molecule has 24 heavy (non-hydrogen) atoms. The number of nitro benzene ring substituents is 1. The van der Waals surface area contributed by atoms with Crippen LogP contribution < -0.4 is 10.6 Å². The number of benzene rings is 1. The lowest BCUT2D eigenvalue weighted by Crippen LogP contribution is -2.45. The fourth-order valence-corrected chi connectivity index (χ4v) is 2.58. The maximum atomic E-state index is 12.4. The minimum Gasteiger partial charge on any atom is -0.461 e. The molecule has 0 bridgehead atoms. The molecule has 1 heterocycles. The molecule has 9 heteroatoms. The molecule has 0 unspecified atom stereocenters. The van der Waals surface area contributed by atoms with Gasteiger partial charge in [-0.25, -0.2) is 9.59 Å². The van der Waals surface area contributed by atoms with Crippen molar-refractivity contribution in [2.24, 2.45) is 0 Å². The van der Waals surface area contributed by atoms with Gasteiger partial charge in [0.2, 0.25) is 0 Å². The molecule has 1 aromatic rings. The van der Waals surface area contributed by atoms with Gasteiger partial charge in [-0.2, -0.15) is 11.8 Å². The van der Waals surface area contributed by atoms with Crippen LogP contribution in [0.2, 0.25) is 0 Å². The summed E-state index contributed by atoms with van der Waals surface area (Å²) in [5, 5.41) is 16.1.